The summed E-state index contributed by atoms with van der Waals surface area (Å²) in [6.45, 7) is 8.91. The van der Waals surface area contributed by atoms with Crippen molar-refractivity contribution in [2.24, 2.45) is 5.41 Å². The van der Waals surface area contributed by atoms with Crippen molar-refractivity contribution in [1.82, 2.24) is 9.80 Å². The fourth-order valence-electron chi connectivity index (χ4n) is 5.08. The van der Waals surface area contributed by atoms with Gasteiger partial charge in [-0.25, -0.2) is 4.79 Å². The maximum absolute atomic E-state index is 12.5. The van der Waals surface area contributed by atoms with Crippen LogP contribution in [0.15, 0.2) is 18.2 Å². The minimum atomic E-state index is -0.864. The number of anilines is 1. The summed E-state index contributed by atoms with van der Waals surface area (Å²) in [7, 11) is 3.74. The van der Waals surface area contributed by atoms with E-state index in [-0.39, 0.29) is 23.4 Å². The molecular weight excluding hydrogens is 394 g/mol. The number of benzene rings is 1. The fourth-order valence-corrected chi connectivity index (χ4v) is 5.08. The largest absolute Gasteiger partial charge is 0.465 e. The molecule has 31 heavy (non-hydrogen) atoms. The lowest BCUT2D eigenvalue weighted by atomic mass is 9.76. The Bertz CT molecular complexity index is 805. The molecule has 0 aromatic heterocycles. The molecule has 2 heterocycles. The van der Waals surface area contributed by atoms with Crippen LogP contribution in [0.5, 0.6) is 0 Å². The van der Waals surface area contributed by atoms with Crippen LogP contribution in [0.3, 0.4) is 0 Å². The summed E-state index contributed by atoms with van der Waals surface area (Å²) in [5, 5.41) is 9.88. The molecule has 2 aliphatic rings. The monoisotopic (exact) mass is 431 g/mol. The first-order valence-electron chi connectivity index (χ1n) is 11.3. The Kier molecular flexibility index (Phi) is 7.14. The molecule has 1 N–H and O–H groups in total. The van der Waals surface area contributed by atoms with Crippen molar-refractivity contribution in [2.45, 2.75) is 58.5 Å². The molecule has 2 amide bonds. The molecular formula is C24H37N3O4. The van der Waals surface area contributed by atoms with Gasteiger partial charge in [0, 0.05) is 64.1 Å². The third kappa shape index (κ3) is 4.97. The third-order valence-corrected chi connectivity index (χ3v) is 6.63. The highest BCUT2D eigenvalue weighted by Gasteiger charge is 2.41. The molecule has 0 spiro atoms. The summed E-state index contributed by atoms with van der Waals surface area (Å²) in [5.41, 5.74) is 3.20. The number of fused-ring (bicyclic) bond motifs is 1. The Labute approximate surface area is 185 Å². The lowest BCUT2D eigenvalue weighted by molar-refractivity contribution is -0.130. The SMILES string of the molecule is COCCCC(=O)N1CCC(N(C)c2cccc3c2[C@H](C(C)(C)C)N(C(=O)O)CC3)C1. The van der Waals surface area contributed by atoms with Crippen molar-refractivity contribution < 1.29 is 19.4 Å². The van der Waals surface area contributed by atoms with Gasteiger partial charge in [0.25, 0.3) is 0 Å². The molecule has 7 nitrogen and oxygen atoms in total. The number of amides is 2. The highest BCUT2D eigenvalue weighted by Crippen LogP contribution is 2.46. The van der Waals surface area contributed by atoms with Crippen LogP contribution in [0.1, 0.15) is 57.2 Å². The Balaban J connectivity index is 1.85. The van der Waals surface area contributed by atoms with E-state index in [4.69, 9.17) is 4.74 Å². The molecule has 2 aliphatic heterocycles. The number of likely N-dealkylation sites (tertiary alicyclic amines) is 1. The van der Waals surface area contributed by atoms with Crippen LogP contribution < -0.4 is 4.90 Å². The average molecular weight is 432 g/mol. The minimum Gasteiger partial charge on any atom is -0.465 e. The molecule has 7 heteroatoms. The second-order valence-electron chi connectivity index (χ2n) is 9.83. The van der Waals surface area contributed by atoms with Crippen molar-refractivity contribution in [3.63, 3.8) is 0 Å². The predicted octanol–water partition coefficient (Wildman–Crippen LogP) is 3.77. The summed E-state index contributed by atoms with van der Waals surface area (Å²) < 4.78 is 5.06. The first-order valence-corrected chi connectivity index (χ1v) is 11.3. The number of hydrogen-bond acceptors (Lipinski definition) is 4. The maximum Gasteiger partial charge on any atom is 0.407 e. The number of carbonyl (C=O) groups excluding carboxylic acids is 1. The van der Waals surface area contributed by atoms with Gasteiger partial charge in [0.2, 0.25) is 5.91 Å². The predicted molar refractivity (Wildman–Crippen MR) is 122 cm³/mol. The van der Waals surface area contributed by atoms with Gasteiger partial charge in [0.05, 0.1) is 6.04 Å². The van der Waals surface area contributed by atoms with E-state index in [0.29, 0.717) is 26.1 Å². The van der Waals surface area contributed by atoms with Crippen LogP contribution in [0.2, 0.25) is 0 Å². The topological polar surface area (TPSA) is 73.3 Å². The number of carbonyl (C=O) groups is 2. The summed E-state index contributed by atoms with van der Waals surface area (Å²) in [6.07, 6.45) is 2.04. The standard InChI is InChI=1S/C24H37N3O4/c1-24(2,3)22-21-17(11-14-27(22)23(29)30)8-6-9-19(21)25(4)18-12-13-26(16-18)20(28)10-7-15-31-5/h6,8-9,18,22H,7,10-16H2,1-5H3,(H,29,30)/t18?,22-/m1/s1. The van der Waals surface area contributed by atoms with E-state index in [1.165, 1.54) is 5.56 Å². The van der Waals surface area contributed by atoms with E-state index in [1.807, 2.05) is 4.90 Å². The van der Waals surface area contributed by atoms with Crippen molar-refractivity contribution in [3.8, 4) is 0 Å². The number of likely N-dealkylation sites (N-methyl/N-ethyl adjacent to an activating group) is 1. The molecule has 2 atom stereocenters. The van der Waals surface area contributed by atoms with Gasteiger partial charge in [0.1, 0.15) is 0 Å². The van der Waals surface area contributed by atoms with Crippen molar-refractivity contribution in [2.75, 3.05) is 45.3 Å². The van der Waals surface area contributed by atoms with E-state index >= 15 is 0 Å². The fraction of sp³-hybridized carbons (Fsp3) is 0.667. The Hall–Kier alpha value is -2.28. The van der Waals surface area contributed by atoms with Crippen LogP contribution >= 0.6 is 0 Å². The molecule has 1 aromatic carbocycles. The molecule has 1 fully saturated rings. The van der Waals surface area contributed by atoms with Crippen molar-refractivity contribution >= 4 is 17.7 Å². The summed E-state index contributed by atoms with van der Waals surface area (Å²) in [6, 6.07) is 6.32. The zero-order valence-corrected chi connectivity index (χ0v) is 19.6. The van der Waals surface area contributed by atoms with Gasteiger partial charge in [-0.2, -0.15) is 0 Å². The molecule has 3 rings (SSSR count). The normalized spacial score (nSPS) is 21.2. The van der Waals surface area contributed by atoms with Crippen LogP contribution in [-0.4, -0.2) is 73.3 Å². The molecule has 1 saturated heterocycles. The average Bonchev–Trinajstić information content (AvgIpc) is 3.21. The van der Waals surface area contributed by atoms with Crippen LogP contribution in [0.4, 0.5) is 10.5 Å². The van der Waals surface area contributed by atoms with Crippen molar-refractivity contribution in [3.05, 3.63) is 29.3 Å². The molecule has 0 saturated carbocycles. The van der Waals surface area contributed by atoms with Crippen LogP contribution in [-0.2, 0) is 16.0 Å². The summed E-state index contributed by atoms with van der Waals surface area (Å²) in [4.78, 5) is 30.4. The minimum absolute atomic E-state index is 0.188. The van der Waals surface area contributed by atoms with Gasteiger partial charge in [0.15, 0.2) is 0 Å². The smallest absolute Gasteiger partial charge is 0.407 e. The number of methoxy groups -OCH3 is 1. The lowest BCUT2D eigenvalue weighted by Crippen LogP contribution is -2.46. The van der Waals surface area contributed by atoms with Gasteiger partial charge in [-0.1, -0.05) is 32.9 Å². The summed E-state index contributed by atoms with van der Waals surface area (Å²) in [5.74, 6) is 0.188. The highest BCUT2D eigenvalue weighted by atomic mass is 16.5. The first-order chi connectivity index (χ1) is 14.6. The number of ether oxygens (including phenoxy) is 1. The zero-order valence-electron chi connectivity index (χ0n) is 19.6. The summed E-state index contributed by atoms with van der Waals surface area (Å²) >= 11 is 0. The van der Waals surface area contributed by atoms with Gasteiger partial charge < -0.3 is 24.5 Å². The quantitative estimate of drug-likeness (QED) is 0.694. The van der Waals surface area contributed by atoms with Crippen molar-refractivity contribution in [1.29, 1.82) is 0 Å². The van der Waals surface area contributed by atoms with E-state index in [9.17, 15) is 14.7 Å². The number of carboxylic acid groups (broad SMARTS) is 1. The lowest BCUT2D eigenvalue weighted by Gasteiger charge is -2.45. The van der Waals surface area contributed by atoms with Gasteiger partial charge >= 0.3 is 6.09 Å². The van der Waals surface area contributed by atoms with E-state index in [0.717, 1.165) is 37.1 Å². The Morgan fingerprint density at radius 2 is 2.00 bits per heavy atom. The third-order valence-electron chi connectivity index (χ3n) is 6.63. The van der Waals surface area contributed by atoms with E-state index < -0.39 is 6.09 Å². The molecule has 1 aromatic rings. The van der Waals surface area contributed by atoms with Crippen LogP contribution in [0.25, 0.3) is 0 Å². The number of nitrogens with zero attached hydrogens (tertiary/aromatic N) is 3. The molecule has 172 valence electrons. The molecule has 0 radical (unpaired) electrons. The maximum atomic E-state index is 12.5. The Morgan fingerprint density at radius 1 is 1.26 bits per heavy atom. The molecule has 0 bridgehead atoms. The molecule has 0 aliphatic carbocycles. The van der Waals surface area contributed by atoms with Gasteiger partial charge in [-0.3, -0.25) is 4.79 Å². The van der Waals surface area contributed by atoms with E-state index in [2.05, 4.69) is 50.9 Å². The van der Waals surface area contributed by atoms with Crippen LogP contribution in [0, 0.1) is 5.41 Å². The number of hydrogen-bond donors (Lipinski definition) is 1. The molecule has 1 unspecified atom stereocenters. The zero-order chi connectivity index (χ0) is 22.8. The number of rotatable bonds is 6. The van der Waals surface area contributed by atoms with Gasteiger partial charge in [-0.15, -0.1) is 0 Å². The Morgan fingerprint density at radius 3 is 2.65 bits per heavy atom. The second-order valence-corrected chi connectivity index (χ2v) is 9.83. The van der Waals surface area contributed by atoms with E-state index in [1.54, 1.807) is 12.0 Å². The highest BCUT2D eigenvalue weighted by molar-refractivity contribution is 5.76. The van der Waals surface area contributed by atoms with Gasteiger partial charge in [-0.05, 0) is 36.3 Å². The first kappa shape index (κ1) is 23.4. The second kappa shape index (κ2) is 9.47.